The number of amides is 1. The predicted molar refractivity (Wildman–Crippen MR) is 123 cm³/mol. The van der Waals surface area contributed by atoms with Gasteiger partial charge in [-0.15, -0.1) is 0 Å². The Kier molecular flexibility index (Phi) is 7.43. The number of ether oxygens (including phenoxy) is 1. The molecule has 0 spiro atoms. The summed E-state index contributed by atoms with van der Waals surface area (Å²) in [5.41, 5.74) is 1.52. The molecule has 3 aromatic carbocycles. The Labute approximate surface area is 191 Å². The van der Waals surface area contributed by atoms with Crippen LogP contribution >= 0.6 is 23.2 Å². The van der Waals surface area contributed by atoms with Crippen LogP contribution < -0.4 is 14.8 Å². The number of para-hydroxylation sites is 1. The van der Waals surface area contributed by atoms with Crippen LogP contribution in [-0.4, -0.2) is 28.0 Å². The Bertz CT molecular complexity index is 1200. The van der Waals surface area contributed by atoms with Crippen LogP contribution in [0.15, 0.2) is 71.6 Å². The van der Waals surface area contributed by atoms with Crippen molar-refractivity contribution in [2.75, 3.05) is 18.4 Å². The molecule has 9 heteroatoms. The highest BCUT2D eigenvalue weighted by atomic mass is 35.5. The Hall–Kier alpha value is -2.74. The molecule has 1 amide bonds. The molecule has 0 saturated heterocycles. The fourth-order valence-corrected chi connectivity index (χ4v) is 4.75. The van der Waals surface area contributed by atoms with Crippen molar-refractivity contribution in [1.82, 2.24) is 5.32 Å². The van der Waals surface area contributed by atoms with E-state index >= 15 is 0 Å². The number of benzene rings is 3. The summed E-state index contributed by atoms with van der Waals surface area (Å²) in [6, 6.07) is 17.9. The van der Waals surface area contributed by atoms with Gasteiger partial charge in [-0.2, -0.15) is 0 Å². The molecular formula is C22H20Cl2N2O4S. The molecule has 0 aromatic heterocycles. The SMILES string of the molecule is COc1ccccc1CCNC(=O)c1cccc(NS(=O)(=O)c2cc(Cl)ccc2Cl)c1. The first-order valence-electron chi connectivity index (χ1n) is 9.28. The number of rotatable bonds is 8. The van der Waals surface area contributed by atoms with Gasteiger partial charge in [-0.3, -0.25) is 9.52 Å². The maximum absolute atomic E-state index is 12.7. The summed E-state index contributed by atoms with van der Waals surface area (Å²) in [7, 11) is -2.38. The number of sulfonamides is 1. The van der Waals surface area contributed by atoms with E-state index in [1.165, 1.54) is 24.3 Å². The van der Waals surface area contributed by atoms with E-state index in [9.17, 15) is 13.2 Å². The lowest BCUT2D eigenvalue weighted by atomic mass is 10.1. The number of carbonyl (C=O) groups excluding carboxylic acids is 1. The van der Waals surface area contributed by atoms with Gasteiger partial charge in [0.25, 0.3) is 15.9 Å². The molecule has 0 aliphatic rings. The number of anilines is 1. The van der Waals surface area contributed by atoms with Crippen molar-refractivity contribution in [1.29, 1.82) is 0 Å². The Morgan fingerprint density at radius 1 is 1.00 bits per heavy atom. The van der Waals surface area contributed by atoms with Crippen molar-refractivity contribution in [3.8, 4) is 5.75 Å². The zero-order valence-corrected chi connectivity index (χ0v) is 18.9. The second kappa shape index (κ2) is 10.0. The normalized spacial score (nSPS) is 11.1. The molecular weight excluding hydrogens is 459 g/mol. The molecule has 0 fully saturated rings. The van der Waals surface area contributed by atoms with E-state index in [1.54, 1.807) is 25.3 Å². The Balaban J connectivity index is 1.68. The van der Waals surface area contributed by atoms with E-state index in [0.29, 0.717) is 18.5 Å². The lowest BCUT2D eigenvalue weighted by Crippen LogP contribution is -2.26. The predicted octanol–water partition coefficient (Wildman–Crippen LogP) is 4.78. The average Bonchev–Trinajstić information content (AvgIpc) is 2.75. The van der Waals surface area contributed by atoms with Gasteiger partial charge in [0, 0.05) is 22.8 Å². The second-order valence-electron chi connectivity index (χ2n) is 6.58. The summed E-state index contributed by atoms with van der Waals surface area (Å²) in [5, 5.41) is 3.11. The standard InChI is InChI=1S/C22H20Cl2N2O4S/c1-30-20-8-3-2-5-15(20)11-12-25-22(27)16-6-4-7-18(13-16)26-31(28,29)21-14-17(23)9-10-19(21)24/h2-10,13-14,26H,11-12H2,1H3,(H,25,27). The lowest BCUT2D eigenvalue weighted by Gasteiger charge is -2.12. The minimum absolute atomic E-state index is 0.0436. The third kappa shape index (κ3) is 5.91. The summed E-state index contributed by atoms with van der Waals surface area (Å²) in [5.74, 6) is 0.435. The third-order valence-corrected chi connectivity index (χ3v) is 6.53. The van der Waals surface area contributed by atoms with Gasteiger partial charge in [-0.25, -0.2) is 8.42 Å². The molecule has 2 N–H and O–H groups in total. The number of hydrogen-bond acceptors (Lipinski definition) is 4. The summed E-state index contributed by atoms with van der Waals surface area (Å²) < 4.78 is 33.1. The molecule has 0 radical (unpaired) electrons. The van der Waals surface area contributed by atoms with Crippen LogP contribution in [0.3, 0.4) is 0 Å². The summed E-state index contributed by atoms with van der Waals surface area (Å²) in [4.78, 5) is 12.4. The Morgan fingerprint density at radius 3 is 2.55 bits per heavy atom. The topological polar surface area (TPSA) is 84.5 Å². The maximum Gasteiger partial charge on any atom is 0.263 e. The van der Waals surface area contributed by atoms with Gasteiger partial charge in [-0.1, -0.05) is 47.5 Å². The zero-order valence-electron chi connectivity index (χ0n) is 16.6. The number of halogens is 2. The van der Waals surface area contributed by atoms with Gasteiger partial charge >= 0.3 is 0 Å². The fraction of sp³-hybridized carbons (Fsp3) is 0.136. The van der Waals surface area contributed by atoms with Crippen molar-refractivity contribution in [2.45, 2.75) is 11.3 Å². The minimum atomic E-state index is -3.98. The van der Waals surface area contributed by atoms with Gasteiger partial charge in [0.1, 0.15) is 10.6 Å². The molecule has 31 heavy (non-hydrogen) atoms. The van der Waals surface area contributed by atoms with Crippen molar-refractivity contribution in [3.63, 3.8) is 0 Å². The highest BCUT2D eigenvalue weighted by Crippen LogP contribution is 2.27. The lowest BCUT2D eigenvalue weighted by molar-refractivity contribution is 0.0954. The molecule has 0 aliphatic carbocycles. The first-order valence-corrected chi connectivity index (χ1v) is 11.5. The highest BCUT2D eigenvalue weighted by Gasteiger charge is 2.19. The second-order valence-corrected chi connectivity index (χ2v) is 9.07. The Morgan fingerprint density at radius 2 is 1.77 bits per heavy atom. The summed E-state index contributed by atoms with van der Waals surface area (Å²) in [6.07, 6.45) is 0.593. The van der Waals surface area contributed by atoms with Crippen LogP contribution in [0.25, 0.3) is 0 Å². The molecule has 0 atom stereocenters. The molecule has 0 heterocycles. The van der Waals surface area contributed by atoms with Crippen LogP contribution in [0.1, 0.15) is 15.9 Å². The summed E-state index contributed by atoms with van der Waals surface area (Å²) >= 11 is 11.9. The van der Waals surface area contributed by atoms with Crippen LogP contribution in [-0.2, 0) is 16.4 Å². The van der Waals surface area contributed by atoms with Gasteiger partial charge in [0.05, 0.1) is 12.1 Å². The van der Waals surface area contributed by atoms with Crippen molar-refractivity contribution in [3.05, 3.63) is 87.9 Å². The van der Waals surface area contributed by atoms with E-state index in [2.05, 4.69) is 10.0 Å². The van der Waals surface area contributed by atoms with Gasteiger partial charge in [0.15, 0.2) is 0 Å². The first-order chi connectivity index (χ1) is 14.8. The molecule has 3 rings (SSSR count). The quantitative estimate of drug-likeness (QED) is 0.487. The average molecular weight is 479 g/mol. The number of hydrogen-bond donors (Lipinski definition) is 2. The first kappa shape index (κ1) is 22.9. The number of methoxy groups -OCH3 is 1. The molecule has 0 unspecified atom stereocenters. The van der Waals surface area contributed by atoms with Crippen molar-refractivity contribution >= 4 is 44.8 Å². The number of carbonyl (C=O) groups is 1. The molecule has 6 nitrogen and oxygen atoms in total. The molecule has 0 saturated carbocycles. The smallest absolute Gasteiger partial charge is 0.263 e. The fourth-order valence-electron chi connectivity index (χ4n) is 2.94. The third-order valence-electron chi connectivity index (χ3n) is 4.43. The van der Waals surface area contributed by atoms with E-state index in [4.69, 9.17) is 27.9 Å². The largest absolute Gasteiger partial charge is 0.496 e. The van der Waals surface area contributed by atoms with Gasteiger partial charge < -0.3 is 10.1 Å². The zero-order chi connectivity index (χ0) is 22.4. The minimum Gasteiger partial charge on any atom is -0.496 e. The van der Waals surface area contributed by atoms with Crippen LogP contribution in [0.5, 0.6) is 5.75 Å². The van der Waals surface area contributed by atoms with Crippen molar-refractivity contribution in [2.24, 2.45) is 0 Å². The monoisotopic (exact) mass is 478 g/mol. The van der Waals surface area contributed by atoms with E-state index in [-0.39, 0.29) is 26.5 Å². The van der Waals surface area contributed by atoms with Crippen molar-refractivity contribution < 1.29 is 17.9 Å². The van der Waals surface area contributed by atoms with Gasteiger partial charge in [-0.05, 0) is 54.4 Å². The molecule has 0 aliphatic heterocycles. The van der Waals surface area contributed by atoms with Gasteiger partial charge in [0.2, 0.25) is 0 Å². The summed E-state index contributed by atoms with van der Waals surface area (Å²) in [6.45, 7) is 0.396. The maximum atomic E-state index is 12.7. The number of nitrogens with one attached hydrogen (secondary N) is 2. The van der Waals surface area contributed by atoms with E-state index in [1.807, 2.05) is 24.3 Å². The molecule has 3 aromatic rings. The molecule has 162 valence electrons. The highest BCUT2D eigenvalue weighted by molar-refractivity contribution is 7.92. The van der Waals surface area contributed by atoms with E-state index < -0.39 is 10.0 Å². The van der Waals surface area contributed by atoms with Crippen LogP contribution in [0, 0.1) is 0 Å². The van der Waals surface area contributed by atoms with Crippen LogP contribution in [0.4, 0.5) is 5.69 Å². The van der Waals surface area contributed by atoms with E-state index in [0.717, 1.165) is 11.3 Å². The van der Waals surface area contributed by atoms with Crippen LogP contribution in [0.2, 0.25) is 10.0 Å². The molecule has 0 bridgehead atoms.